The molecule has 4 nitrogen and oxygen atoms in total. The van der Waals surface area contributed by atoms with Gasteiger partial charge in [0.25, 0.3) is 0 Å². The number of hydrogen-bond acceptors (Lipinski definition) is 4. The molecule has 1 aromatic carbocycles. The van der Waals surface area contributed by atoms with Crippen LogP contribution in [0, 0.1) is 11.8 Å². The quantitative estimate of drug-likeness (QED) is 0.838. The molecule has 2 atom stereocenters. The standard InChI is InChI=1S/C17H28N2O2/c1-3-14-13-19(9-8-15(14)12-18)10-11-21-17-7-5-4-6-16(17)20-2/h4-7,14-15H,3,8-13,18H2,1-2H3. The lowest BCUT2D eigenvalue weighted by Crippen LogP contribution is -2.44. The van der Waals surface area contributed by atoms with Crippen molar-refractivity contribution >= 4 is 0 Å². The number of para-hydroxylation sites is 2. The number of hydrogen-bond donors (Lipinski definition) is 1. The summed E-state index contributed by atoms with van der Waals surface area (Å²) in [6.45, 7) is 7.03. The fourth-order valence-corrected chi connectivity index (χ4v) is 3.15. The van der Waals surface area contributed by atoms with Crippen LogP contribution in [0.1, 0.15) is 19.8 Å². The van der Waals surface area contributed by atoms with E-state index in [1.54, 1.807) is 7.11 Å². The molecule has 0 aromatic heterocycles. The van der Waals surface area contributed by atoms with Crippen molar-refractivity contribution in [2.75, 3.05) is 39.9 Å². The molecule has 0 bridgehead atoms. The van der Waals surface area contributed by atoms with E-state index in [1.807, 2.05) is 24.3 Å². The summed E-state index contributed by atoms with van der Waals surface area (Å²) < 4.78 is 11.2. The number of benzene rings is 1. The first kappa shape index (κ1) is 16.1. The molecule has 2 rings (SSSR count). The van der Waals surface area contributed by atoms with Crippen molar-refractivity contribution in [2.24, 2.45) is 17.6 Å². The molecular weight excluding hydrogens is 264 g/mol. The Kier molecular flexibility index (Phi) is 6.33. The van der Waals surface area contributed by atoms with Crippen LogP contribution in [0.4, 0.5) is 0 Å². The van der Waals surface area contributed by atoms with Gasteiger partial charge in [0.1, 0.15) is 6.61 Å². The third-order valence-electron chi connectivity index (χ3n) is 4.54. The summed E-state index contributed by atoms with van der Waals surface area (Å²) in [5.74, 6) is 3.05. The van der Waals surface area contributed by atoms with Crippen LogP contribution in [0.2, 0.25) is 0 Å². The van der Waals surface area contributed by atoms with Gasteiger partial charge in [-0.3, -0.25) is 4.90 Å². The number of likely N-dealkylation sites (tertiary alicyclic amines) is 1. The molecule has 0 spiro atoms. The second kappa shape index (κ2) is 8.25. The SMILES string of the molecule is CCC1CN(CCOc2ccccc2OC)CCC1CN. The van der Waals surface area contributed by atoms with Gasteiger partial charge in [-0.15, -0.1) is 0 Å². The van der Waals surface area contributed by atoms with Crippen LogP contribution in [-0.4, -0.2) is 44.8 Å². The van der Waals surface area contributed by atoms with E-state index in [4.69, 9.17) is 15.2 Å². The van der Waals surface area contributed by atoms with E-state index >= 15 is 0 Å². The largest absolute Gasteiger partial charge is 0.493 e. The van der Waals surface area contributed by atoms with Crippen molar-refractivity contribution in [1.82, 2.24) is 4.90 Å². The second-order valence-corrected chi connectivity index (χ2v) is 5.75. The van der Waals surface area contributed by atoms with E-state index in [9.17, 15) is 0 Å². The third kappa shape index (κ3) is 4.35. The lowest BCUT2D eigenvalue weighted by Gasteiger charge is -2.37. The van der Waals surface area contributed by atoms with Crippen LogP contribution >= 0.6 is 0 Å². The second-order valence-electron chi connectivity index (χ2n) is 5.75. The van der Waals surface area contributed by atoms with E-state index in [1.165, 1.54) is 12.8 Å². The van der Waals surface area contributed by atoms with Crippen LogP contribution in [0.25, 0.3) is 0 Å². The van der Waals surface area contributed by atoms with Gasteiger partial charge < -0.3 is 15.2 Å². The maximum atomic E-state index is 5.87. The highest BCUT2D eigenvalue weighted by atomic mass is 16.5. The summed E-state index contributed by atoms with van der Waals surface area (Å²) in [6, 6.07) is 7.80. The smallest absolute Gasteiger partial charge is 0.161 e. The molecule has 1 fully saturated rings. The highest BCUT2D eigenvalue weighted by Crippen LogP contribution is 2.27. The highest BCUT2D eigenvalue weighted by molar-refractivity contribution is 5.39. The Hall–Kier alpha value is -1.26. The number of nitrogens with two attached hydrogens (primary N) is 1. The van der Waals surface area contributed by atoms with Gasteiger partial charge in [0, 0.05) is 13.1 Å². The van der Waals surface area contributed by atoms with Crippen molar-refractivity contribution in [3.63, 3.8) is 0 Å². The minimum atomic E-state index is 0.696. The van der Waals surface area contributed by atoms with Gasteiger partial charge in [0.15, 0.2) is 11.5 Å². The lowest BCUT2D eigenvalue weighted by molar-refractivity contribution is 0.104. The van der Waals surface area contributed by atoms with Gasteiger partial charge in [-0.2, -0.15) is 0 Å². The first-order chi connectivity index (χ1) is 10.3. The summed E-state index contributed by atoms with van der Waals surface area (Å²) >= 11 is 0. The predicted octanol–water partition coefficient (Wildman–Crippen LogP) is 2.38. The minimum Gasteiger partial charge on any atom is -0.493 e. The molecule has 0 radical (unpaired) electrons. The Bertz CT molecular complexity index is 425. The zero-order valence-corrected chi connectivity index (χ0v) is 13.3. The van der Waals surface area contributed by atoms with E-state index in [0.29, 0.717) is 12.5 Å². The van der Waals surface area contributed by atoms with Crippen molar-refractivity contribution in [3.8, 4) is 11.5 Å². The van der Waals surface area contributed by atoms with Crippen LogP contribution in [-0.2, 0) is 0 Å². The molecule has 21 heavy (non-hydrogen) atoms. The van der Waals surface area contributed by atoms with Crippen molar-refractivity contribution in [2.45, 2.75) is 19.8 Å². The summed E-state index contributed by atoms with van der Waals surface area (Å²) in [7, 11) is 1.67. The van der Waals surface area contributed by atoms with Gasteiger partial charge in [-0.25, -0.2) is 0 Å². The van der Waals surface area contributed by atoms with Crippen LogP contribution < -0.4 is 15.2 Å². The van der Waals surface area contributed by atoms with Gasteiger partial charge >= 0.3 is 0 Å². The fourth-order valence-electron chi connectivity index (χ4n) is 3.15. The number of rotatable bonds is 7. The van der Waals surface area contributed by atoms with Crippen molar-refractivity contribution in [1.29, 1.82) is 0 Å². The zero-order chi connectivity index (χ0) is 15.1. The molecule has 0 aliphatic carbocycles. The molecule has 118 valence electrons. The fraction of sp³-hybridized carbons (Fsp3) is 0.647. The number of piperidine rings is 1. The minimum absolute atomic E-state index is 0.696. The van der Waals surface area contributed by atoms with Gasteiger partial charge in [-0.1, -0.05) is 25.5 Å². The van der Waals surface area contributed by atoms with Gasteiger partial charge in [0.05, 0.1) is 7.11 Å². The Labute approximate surface area is 128 Å². The molecule has 1 aliphatic rings. The summed E-state index contributed by atoms with van der Waals surface area (Å²) in [4.78, 5) is 2.50. The zero-order valence-electron chi connectivity index (χ0n) is 13.3. The summed E-state index contributed by atoms with van der Waals surface area (Å²) in [6.07, 6.45) is 2.43. The highest BCUT2D eigenvalue weighted by Gasteiger charge is 2.26. The lowest BCUT2D eigenvalue weighted by atomic mass is 9.84. The summed E-state index contributed by atoms with van der Waals surface area (Å²) in [5, 5.41) is 0. The number of nitrogens with zero attached hydrogens (tertiary/aromatic N) is 1. The normalized spacial score (nSPS) is 23.0. The number of methoxy groups -OCH3 is 1. The molecular formula is C17H28N2O2. The van der Waals surface area contributed by atoms with E-state index < -0.39 is 0 Å². The van der Waals surface area contributed by atoms with Crippen molar-refractivity contribution in [3.05, 3.63) is 24.3 Å². The molecule has 0 saturated carbocycles. The number of ether oxygens (including phenoxy) is 2. The predicted molar refractivity (Wildman–Crippen MR) is 85.9 cm³/mol. The van der Waals surface area contributed by atoms with Crippen LogP contribution in [0.5, 0.6) is 11.5 Å². The van der Waals surface area contributed by atoms with Gasteiger partial charge in [-0.05, 0) is 43.5 Å². The first-order valence-electron chi connectivity index (χ1n) is 7.96. The Morgan fingerprint density at radius 1 is 1.24 bits per heavy atom. The molecule has 1 aromatic rings. The molecule has 4 heteroatoms. The maximum Gasteiger partial charge on any atom is 0.161 e. The van der Waals surface area contributed by atoms with Gasteiger partial charge in [0.2, 0.25) is 0 Å². The monoisotopic (exact) mass is 292 g/mol. The van der Waals surface area contributed by atoms with Crippen molar-refractivity contribution < 1.29 is 9.47 Å². The Morgan fingerprint density at radius 3 is 2.67 bits per heavy atom. The van der Waals surface area contributed by atoms with E-state index in [-0.39, 0.29) is 0 Å². The molecule has 0 amide bonds. The average molecular weight is 292 g/mol. The first-order valence-corrected chi connectivity index (χ1v) is 7.96. The summed E-state index contributed by atoms with van der Waals surface area (Å²) in [5.41, 5.74) is 5.87. The van der Waals surface area contributed by atoms with Crippen LogP contribution in [0.15, 0.2) is 24.3 Å². The average Bonchev–Trinajstić information content (AvgIpc) is 2.55. The van der Waals surface area contributed by atoms with E-state index in [0.717, 1.165) is 43.6 Å². The molecule has 1 aliphatic heterocycles. The van der Waals surface area contributed by atoms with E-state index in [2.05, 4.69) is 11.8 Å². The molecule has 2 N–H and O–H groups in total. The Balaban J connectivity index is 1.78. The molecule has 2 unspecified atom stereocenters. The molecule has 1 saturated heterocycles. The Morgan fingerprint density at radius 2 is 2.00 bits per heavy atom. The topological polar surface area (TPSA) is 47.7 Å². The molecule has 1 heterocycles. The van der Waals surface area contributed by atoms with Crippen LogP contribution in [0.3, 0.4) is 0 Å². The maximum absolute atomic E-state index is 5.87. The third-order valence-corrected chi connectivity index (χ3v) is 4.54.